The second kappa shape index (κ2) is 5.48. The number of carbonyl (C=O) groups is 2. The Kier molecular flexibility index (Phi) is 4.26. The van der Waals surface area contributed by atoms with E-state index in [1.807, 2.05) is 32.0 Å². The van der Waals surface area contributed by atoms with Crippen molar-refractivity contribution in [1.29, 1.82) is 0 Å². The van der Waals surface area contributed by atoms with Gasteiger partial charge in [-0.25, -0.2) is 0 Å². The quantitative estimate of drug-likeness (QED) is 0.838. The van der Waals surface area contributed by atoms with Crippen molar-refractivity contribution in [1.82, 2.24) is 5.32 Å². The fourth-order valence-corrected chi connectivity index (χ4v) is 1.88. The number of hydrogen-bond acceptors (Lipinski definition) is 2. The SMILES string of the molecule is CC(=O)N[C@@H](CC(=O)O)c1ccc(C)cc1C. The van der Waals surface area contributed by atoms with E-state index in [0.717, 1.165) is 16.7 Å². The Labute approximate surface area is 101 Å². The van der Waals surface area contributed by atoms with E-state index < -0.39 is 12.0 Å². The zero-order valence-corrected chi connectivity index (χ0v) is 10.3. The van der Waals surface area contributed by atoms with Crippen LogP contribution in [0.25, 0.3) is 0 Å². The van der Waals surface area contributed by atoms with Gasteiger partial charge in [-0.2, -0.15) is 0 Å². The third-order valence-corrected chi connectivity index (χ3v) is 2.56. The lowest BCUT2D eigenvalue weighted by atomic mass is 9.97. The first kappa shape index (κ1) is 13.2. The first-order valence-electron chi connectivity index (χ1n) is 5.46. The Hall–Kier alpha value is -1.84. The van der Waals surface area contributed by atoms with Crippen LogP contribution in [0, 0.1) is 13.8 Å². The molecular weight excluding hydrogens is 218 g/mol. The first-order chi connectivity index (χ1) is 7.90. The number of hydrogen-bond donors (Lipinski definition) is 2. The minimum absolute atomic E-state index is 0.108. The standard InChI is InChI=1S/C13H17NO3/c1-8-4-5-11(9(2)6-8)12(7-13(16)17)14-10(3)15/h4-6,12H,7H2,1-3H3,(H,14,15)(H,16,17)/t12-/m0/s1. The van der Waals surface area contributed by atoms with Crippen LogP contribution < -0.4 is 5.32 Å². The number of carbonyl (C=O) groups excluding carboxylic acids is 1. The number of benzene rings is 1. The third kappa shape index (κ3) is 3.90. The fraction of sp³-hybridized carbons (Fsp3) is 0.385. The molecular formula is C13H17NO3. The summed E-state index contributed by atoms with van der Waals surface area (Å²) in [5, 5.41) is 11.5. The van der Waals surface area contributed by atoms with Gasteiger partial charge in [0.25, 0.3) is 0 Å². The molecule has 92 valence electrons. The van der Waals surface area contributed by atoms with Crippen LogP contribution in [0.5, 0.6) is 0 Å². The molecule has 0 unspecified atom stereocenters. The normalized spacial score (nSPS) is 11.9. The van der Waals surface area contributed by atoms with E-state index in [0.29, 0.717) is 0 Å². The van der Waals surface area contributed by atoms with Crippen molar-refractivity contribution < 1.29 is 14.7 Å². The lowest BCUT2D eigenvalue weighted by Gasteiger charge is -2.18. The van der Waals surface area contributed by atoms with Crippen LogP contribution in [-0.4, -0.2) is 17.0 Å². The Morgan fingerprint density at radius 1 is 1.35 bits per heavy atom. The molecule has 0 fully saturated rings. The summed E-state index contributed by atoms with van der Waals surface area (Å²) in [5.41, 5.74) is 2.96. The molecule has 0 aliphatic heterocycles. The van der Waals surface area contributed by atoms with Gasteiger partial charge in [0.1, 0.15) is 0 Å². The van der Waals surface area contributed by atoms with Crippen molar-refractivity contribution >= 4 is 11.9 Å². The third-order valence-electron chi connectivity index (χ3n) is 2.56. The monoisotopic (exact) mass is 235 g/mol. The molecule has 1 atom stereocenters. The van der Waals surface area contributed by atoms with E-state index >= 15 is 0 Å². The van der Waals surface area contributed by atoms with Crippen molar-refractivity contribution in [2.24, 2.45) is 0 Å². The maximum Gasteiger partial charge on any atom is 0.305 e. The van der Waals surface area contributed by atoms with Gasteiger partial charge in [-0.15, -0.1) is 0 Å². The minimum atomic E-state index is -0.927. The first-order valence-corrected chi connectivity index (χ1v) is 5.46. The van der Waals surface area contributed by atoms with Gasteiger partial charge in [-0.1, -0.05) is 23.8 Å². The van der Waals surface area contributed by atoms with Crippen molar-refractivity contribution in [2.75, 3.05) is 0 Å². The van der Waals surface area contributed by atoms with E-state index in [1.54, 1.807) is 0 Å². The predicted molar refractivity (Wildman–Crippen MR) is 64.7 cm³/mol. The predicted octanol–water partition coefficient (Wildman–Crippen LogP) is 1.96. The van der Waals surface area contributed by atoms with Gasteiger partial charge in [-0.3, -0.25) is 9.59 Å². The summed E-state index contributed by atoms with van der Waals surface area (Å²) >= 11 is 0. The van der Waals surface area contributed by atoms with Gasteiger partial charge in [0.05, 0.1) is 12.5 Å². The summed E-state index contributed by atoms with van der Waals surface area (Å²) in [5.74, 6) is -1.15. The summed E-state index contributed by atoms with van der Waals surface area (Å²) < 4.78 is 0. The van der Waals surface area contributed by atoms with Crippen LogP contribution >= 0.6 is 0 Å². The van der Waals surface area contributed by atoms with Crippen molar-refractivity contribution in [3.63, 3.8) is 0 Å². The molecule has 1 aromatic rings. The summed E-state index contributed by atoms with van der Waals surface area (Å²) in [6.45, 7) is 5.28. The highest BCUT2D eigenvalue weighted by atomic mass is 16.4. The van der Waals surface area contributed by atoms with Gasteiger partial charge in [-0.05, 0) is 25.0 Å². The zero-order chi connectivity index (χ0) is 13.0. The van der Waals surface area contributed by atoms with Crippen LogP contribution in [-0.2, 0) is 9.59 Å². The molecule has 4 heteroatoms. The average molecular weight is 235 g/mol. The molecule has 0 heterocycles. The summed E-state index contributed by atoms with van der Waals surface area (Å²) in [6.07, 6.45) is -0.108. The van der Waals surface area contributed by atoms with Gasteiger partial charge in [0, 0.05) is 6.92 Å². The highest BCUT2D eigenvalue weighted by Crippen LogP contribution is 2.21. The molecule has 4 nitrogen and oxygen atoms in total. The Morgan fingerprint density at radius 3 is 2.47 bits per heavy atom. The van der Waals surface area contributed by atoms with Gasteiger partial charge >= 0.3 is 5.97 Å². The summed E-state index contributed by atoms with van der Waals surface area (Å²) in [7, 11) is 0. The van der Waals surface area contributed by atoms with Crippen LogP contribution in [0.4, 0.5) is 0 Å². The number of rotatable bonds is 4. The second-order valence-electron chi connectivity index (χ2n) is 4.21. The Balaban J connectivity index is 3.02. The van der Waals surface area contributed by atoms with E-state index in [9.17, 15) is 9.59 Å². The molecule has 0 spiro atoms. The van der Waals surface area contributed by atoms with E-state index in [-0.39, 0.29) is 12.3 Å². The number of aryl methyl sites for hydroxylation is 2. The molecule has 0 saturated carbocycles. The lowest BCUT2D eigenvalue weighted by molar-refractivity contribution is -0.137. The molecule has 0 aliphatic carbocycles. The summed E-state index contributed by atoms with van der Waals surface area (Å²) in [6, 6.07) is 5.30. The Bertz CT molecular complexity index is 424. The molecule has 1 aromatic carbocycles. The highest BCUT2D eigenvalue weighted by Gasteiger charge is 2.18. The largest absolute Gasteiger partial charge is 0.481 e. The highest BCUT2D eigenvalue weighted by molar-refractivity contribution is 5.75. The van der Waals surface area contributed by atoms with E-state index in [4.69, 9.17) is 5.11 Å². The van der Waals surface area contributed by atoms with Crippen LogP contribution in [0.3, 0.4) is 0 Å². The Morgan fingerprint density at radius 2 is 2.00 bits per heavy atom. The number of amides is 1. The molecule has 17 heavy (non-hydrogen) atoms. The molecule has 1 amide bonds. The maximum absolute atomic E-state index is 11.1. The van der Waals surface area contributed by atoms with Gasteiger partial charge in [0.15, 0.2) is 0 Å². The molecule has 0 aliphatic rings. The van der Waals surface area contributed by atoms with Crippen LogP contribution in [0.15, 0.2) is 18.2 Å². The number of carboxylic acids is 1. The van der Waals surface area contributed by atoms with Gasteiger partial charge < -0.3 is 10.4 Å². The minimum Gasteiger partial charge on any atom is -0.481 e. The molecule has 1 rings (SSSR count). The van der Waals surface area contributed by atoms with Crippen molar-refractivity contribution in [2.45, 2.75) is 33.2 Å². The number of nitrogens with one attached hydrogen (secondary N) is 1. The lowest BCUT2D eigenvalue weighted by Crippen LogP contribution is -2.28. The van der Waals surface area contributed by atoms with Crippen LogP contribution in [0.1, 0.15) is 36.1 Å². The number of aliphatic carboxylic acids is 1. The van der Waals surface area contributed by atoms with E-state index in [2.05, 4.69) is 5.32 Å². The molecule has 0 radical (unpaired) electrons. The van der Waals surface area contributed by atoms with Crippen molar-refractivity contribution in [3.05, 3.63) is 34.9 Å². The maximum atomic E-state index is 11.1. The number of carboxylic acid groups (broad SMARTS) is 1. The molecule has 0 saturated heterocycles. The van der Waals surface area contributed by atoms with Gasteiger partial charge in [0.2, 0.25) is 5.91 Å². The molecule has 2 N–H and O–H groups in total. The summed E-state index contributed by atoms with van der Waals surface area (Å²) in [4.78, 5) is 21.9. The second-order valence-corrected chi connectivity index (χ2v) is 4.21. The van der Waals surface area contributed by atoms with Crippen LogP contribution in [0.2, 0.25) is 0 Å². The molecule has 0 aromatic heterocycles. The smallest absolute Gasteiger partial charge is 0.305 e. The average Bonchev–Trinajstić information content (AvgIpc) is 2.14. The molecule has 0 bridgehead atoms. The van der Waals surface area contributed by atoms with Crippen molar-refractivity contribution in [3.8, 4) is 0 Å². The topological polar surface area (TPSA) is 66.4 Å². The van der Waals surface area contributed by atoms with E-state index in [1.165, 1.54) is 6.92 Å². The zero-order valence-electron chi connectivity index (χ0n) is 10.3. The fourth-order valence-electron chi connectivity index (χ4n) is 1.88.